The molecule has 8 rings (SSSR count). The van der Waals surface area contributed by atoms with Gasteiger partial charge in [-0.15, -0.1) is 90.7 Å². The summed E-state index contributed by atoms with van der Waals surface area (Å²) in [5, 5.41) is 0. The molecule has 0 aliphatic carbocycles. The van der Waals surface area contributed by atoms with Crippen LogP contribution < -0.4 is 0 Å². The summed E-state index contributed by atoms with van der Waals surface area (Å²) in [5.41, 5.74) is 0. The van der Waals surface area contributed by atoms with Gasteiger partial charge in [0.25, 0.3) is 0 Å². The van der Waals surface area contributed by atoms with E-state index in [0.29, 0.717) is 0 Å². The first kappa shape index (κ1) is 79.3. The molecule has 8 heterocycles. The second kappa shape index (κ2) is 42.3. The second-order valence-corrected chi connectivity index (χ2v) is 58.1. The SMILES string of the molecule is CCCCCCc1ccc(-c2ccc(-c3ccc(-c4ccc(CCCCCCCCCCC[Si](C)(C)O[Si](C)(C)CCC[Si]CCC[Si](C)(C)O[Si](C)(C)CCCCCCCCCCCc5ccc(-c6ccc(-c7ccc(-c8ccc(CCCCCC)s8)s7)s6)s5)s4)s3)s2)s1. The van der Waals surface area contributed by atoms with Crippen LogP contribution in [0, 0.1) is 0 Å². The Morgan fingerprint density at radius 2 is 0.421 bits per heavy atom. The average molecular weight is 1510 g/mol. The summed E-state index contributed by atoms with van der Waals surface area (Å²) in [5.74, 6) is 0. The lowest BCUT2D eigenvalue weighted by molar-refractivity contribution is 0.522. The third-order valence-corrected chi connectivity index (χ3v) is 45.4. The molecule has 0 amide bonds. The van der Waals surface area contributed by atoms with Crippen LogP contribution in [0.5, 0.6) is 0 Å². The lowest BCUT2D eigenvalue weighted by atomic mass is 10.1. The van der Waals surface area contributed by atoms with Crippen LogP contribution in [0.4, 0.5) is 0 Å². The highest BCUT2D eigenvalue weighted by Gasteiger charge is 2.34. The van der Waals surface area contributed by atoms with Crippen LogP contribution >= 0.6 is 90.7 Å². The zero-order valence-corrected chi connectivity index (χ0v) is 72.2. The molecular formula is C80H122O2S8Si5. The highest BCUT2D eigenvalue weighted by molar-refractivity contribution is 7.29. The third kappa shape index (κ3) is 29.5. The van der Waals surface area contributed by atoms with E-state index < -0.39 is 33.3 Å². The molecule has 0 unspecified atom stereocenters. The minimum Gasteiger partial charge on any atom is -0.455 e. The fourth-order valence-corrected chi connectivity index (χ4v) is 42.2. The Hall–Kier alpha value is -1.40. The first-order valence-electron chi connectivity index (χ1n) is 37.8. The Morgan fingerprint density at radius 1 is 0.232 bits per heavy atom. The van der Waals surface area contributed by atoms with Gasteiger partial charge in [0.1, 0.15) is 0 Å². The number of hydrogen-bond donors (Lipinski definition) is 0. The standard InChI is InChI=1S/C80H122O2S8Si5/c1-11-13-15-31-39-65-43-47-69(83-65)73-51-55-77(87-73)79-57-53-75(89-79)71-49-45-67(85-71)41-33-27-23-19-17-21-25-29-35-61-92(3,4)81-94(7,8)63-37-59-91-60-38-64-95(9,10)82-93(5,6)62-36-30-26-22-18-20-24-28-34-42-68-46-50-72(86-68)76-54-58-80(90-76)78-56-52-74(88-78)70-48-44-66(84-70)40-32-16-14-12-2/h43-58H,11-42,59-64H2,1-10H3. The van der Waals surface area contributed by atoms with Gasteiger partial charge in [0.05, 0.1) is 0 Å². The first-order chi connectivity index (χ1) is 45.9. The summed E-state index contributed by atoms with van der Waals surface area (Å²) in [7, 11) is -5.36. The lowest BCUT2D eigenvalue weighted by Crippen LogP contribution is -2.44. The van der Waals surface area contributed by atoms with E-state index in [1.165, 1.54) is 310 Å². The summed E-state index contributed by atoms with van der Waals surface area (Å²) in [6, 6.07) is 45.8. The minimum atomic E-state index is -1.62. The van der Waals surface area contributed by atoms with Crippen molar-refractivity contribution >= 4 is 133 Å². The molecule has 0 bridgehead atoms. The van der Waals surface area contributed by atoms with Gasteiger partial charge >= 0.3 is 0 Å². The van der Waals surface area contributed by atoms with Crippen molar-refractivity contribution in [1.29, 1.82) is 0 Å². The molecule has 15 heteroatoms. The van der Waals surface area contributed by atoms with Gasteiger partial charge in [-0.25, -0.2) is 0 Å². The fraction of sp³-hybridized carbons (Fsp3) is 0.600. The predicted octanol–water partition coefficient (Wildman–Crippen LogP) is 31.4. The molecule has 8 aromatic heterocycles. The summed E-state index contributed by atoms with van der Waals surface area (Å²) < 4.78 is 14.2. The largest absolute Gasteiger partial charge is 0.455 e. The van der Waals surface area contributed by atoms with Crippen molar-refractivity contribution in [2.75, 3.05) is 0 Å². The lowest BCUT2D eigenvalue weighted by Gasteiger charge is -2.34. The summed E-state index contributed by atoms with van der Waals surface area (Å²) in [6.07, 6.45) is 43.2. The molecule has 8 aromatic rings. The number of unbranched alkanes of at least 4 members (excludes halogenated alkanes) is 22. The van der Waals surface area contributed by atoms with Gasteiger partial charge in [0, 0.05) is 87.6 Å². The molecule has 0 saturated carbocycles. The summed E-state index contributed by atoms with van der Waals surface area (Å²) >= 11 is 15.8. The number of thiophene rings is 8. The van der Waals surface area contributed by atoms with Gasteiger partial charge in [-0.05, 0) is 225 Å². The van der Waals surface area contributed by atoms with Crippen LogP contribution in [0.2, 0.25) is 88.6 Å². The van der Waals surface area contributed by atoms with Crippen molar-refractivity contribution in [3.05, 3.63) is 117 Å². The van der Waals surface area contributed by atoms with Crippen molar-refractivity contribution in [3.63, 3.8) is 0 Å². The molecule has 0 spiro atoms. The summed E-state index contributed by atoms with van der Waals surface area (Å²) in [6.45, 7) is 24.7. The van der Waals surface area contributed by atoms with Gasteiger partial charge in [-0.1, -0.05) is 180 Å². The fourth-order valence-electron chi connectivity index (χ4n) is 13.7. The van der Waals surface area contributed by atoms with Crippen molar-refractivity contribution in [2.24, 2.45) is 0 Å². The Balaban J connectivity index is 0.566. The Labute approximate surface area is 618 Å². The monoisotopic (exact) mass is 1510 g/mol. The molecular weight excluding hydrogens is 1390 g/mol. The molecule has 0 aliphatic heterocycles. The van der Waals surface area contributed by atoms with E-state index in [4.69, 9.17) is 8.23 Å². The molecule has 0 atom stereocenters. The molecule has 0 aromatic carbocycles. The predicted molar refractivity (Wildman–Crippen MR) is 451 cm³/mol. The van der Waals surface area contributed by atoms with Crippen LogP contribution in [-0.4, -0.2) is 42.8 Å². The van der Waals surface area contributed by atoms with E-state index in [1.54, 1.807) is 9.75 Å². The highest BCUT2D eigenvalue weighted by Crippen LogP contribution is 2.46. The van der Waals surface area contributed by atoms with Crippen molar-refractivity contribution in [1.82, 2.24) is 0 Å². The van der Waals surface area contributed by atoms with Crippen LogP contribution in [0.25, 0.3) is 58.5 Å². The first-order valence-corrected chi connectivity index (χ1v) is 58.2. The normalized spacial score (nSPS) is 12.6. The van der Waals surface area contributed by atoms with E-state index >= 15 is 0 Å². The molecule has 0 saturated heterocycles. The van der Waals surface area contributed by atoms with Crippen LogP contribution in [-0.2, 0) is 33.9 Å². The van der Waals surface area contributed by atoms with Crippen molar-refractivity contribution in [3.8, 4) is 58.5 Å². The van der Waals surface area contributed by atoms with E-state index in [0.717, 1.165) is 9.52 Å². The molecule has 95 heavy (non-hydrogen) atoms. The van der Waals surface area contributed by atoms with Crippen molar-refractivity contribution < 1.29 is 8.23 Å². The Kier molecular flexibility index (Phi) is 35.3. The maximum Gasteiger partial charge on any atom is 0.173 e. The maximum absolute atomic E-state index is 7.12. The second-order valence-electron chi connectivity index (χ2n) is 29.9. The van der Waals surface area contributed by atoms with Crippen molar-refractivity contribution in [2.45, 2.75) is 308 Å². The maximum atomic E-state index is 7.12. The average Bonchev–Trinajstić information content (AvgIpc) is 1.69. The molecule has 2 radical (unpaired) electrons. The molecule has 0 aliphatic rings. The van der Waals surface area contributed by atoms with E-state index in [9.17, 15) is 0 Å². The number of rotatable bonds is 52. The van der Waals surface area contributed by atoms with E-state index in [1.807, 2.05) is 90.7 Å². The molecule has 0 fully saturated rings. The Bertz CT molecular complexity index is 3120. The Morgan fingerprint density at radius 3 is 0.663 bits per heavy atom. The molecule has 2 nitrogen and oxygen atoms in total. The summed E-state index contributed by atoms with van der Waals surface area (Å²) in [4.78, 5) is 23.2. The number of aryl methyl sites for hydroxylation is 4. The van der Waals surface area contributed by atoms with Gasteiger partial charge in [-0.3, -0.25) is 0 Å². The van der Waals surface area contributed by atoms with Crippen LogP contribution in [0.15, 0.2) is 97.1 Å². The van der Waals surface area contributed by atoms with E-state index in [2.05, 4.69) is 163 Å². The highest BCUT2D eigenvalue weighted by atomic mass is 32.1. The zero-order chi connectivity index (χ0) is 67.2. The smallest absolute Gasteiger partial charge is 0.173 e. The van der Waals surface area contributed by atoms with Gasteiger partial charge in [0.15, 0.2) is 33.3 Å². The topological polar surface area (TPSA) is 18.5 Å². The third-order valence-electron chi connectivity index (χ3n) is 18.9. The quantitative estimate of drug-likeness (QED) is 0.0279. The zero-order valence-electron chi connectivity index (χ0n) is 60.7. The van der Waals surface area contributed by atoms with Gasteiger partial charge in [0.2, 0.25) is 0 Å². The van der Waals surface area contributed by atoms with Gasteiger partial charge < -0.3 is 8.23 Å². The molecule has 522 valence electrons. The van der Waals surface area contributed by atoms with E-state index in [-0.39, 0.29) is 0 Å². The van der Waals surface area contributed by atoms with Crippen LogP contribution in [0.3, 0.4) is 0 Å². The number of hydrogen-bond acceptors (Lipinski definition) is 10. The minimum absolute atomic E-state index is 1.11. The molecule has 0 N–H and O–H groups in total. The van der Waals surface area contributed by atoms with Crippen LogP contribution in [0.1, 0.15) is 213 Å². The van der Waals surface area contributed by atoms with Gasteiger partial charge in [-0.2, -0.15) is 0 Å².